The van der Waals surface area contributed by atoms with Crippen LogP contribution in [0.2, 0.25) is 0 Å². The van der Waals surface area contributed by atoms with Crippen LogP contribution in [-0.2, 0) is 14.3 Å². The molecule has 150 valence electrons. The molecule has 0 unspecified atom stereocenters. The Morgan fingerprint density at radius 2 is 2.03 bits per heavy atom. The Labute approximate surface area is 164 Å². The van der Waals surface area contributed by atoms with Crippen LogP contribution in [0.25, 0.3) is 5.69 Å². The molecule has 0 radical (unpaired) electrons. The Balaban J connectivity index is 1.31. The summed E-state index contributed by atoms with van der Waals surface area (Å²) in [4.78, 5) is 15.3. The van der Waals surface area contributed by atoms with E-state index in [1.807, 2.05) is 12.1 Å². The molecule has 2 aliphatic rings. The highest BCUT2D eigenvalue weighted by molar-refractivity contribution is 5.73. The molecule has 0 aliphatic carbocycles. The minimum absolute atomic E-state index is 0.118. The Kier molecular flexibility index (Phi) is 4.41. The molecule has 1 amide bonds. The van der Waals surface area contributed by atoms with Crippen LogP contribution in [0.4, 0.5) is 0 Å². The quantitative estimate of drug-likeness (QED) is 0.625. The molecule has 0 saturated carbocycles. The number of benzene rings is 1. The van der Waals surface area contributed by atoms with Gasteiger partial charge in [0, 0.05) is 6.92 Å². The summed E-state index contributed by atoms with van der Waals surface area (Å²) in [5.74, 6) is 0.455. The first-order chi connectivity index (χ1) is 14.2. The molecule has 5 rings (SSSR count). The van der Waals surface area contributed by atoms with E-state index in [0.717, 1.165) is 5.69 Å². The van der Waals surface area contributed by atoms with Crippen LogP contribution in [0.5, 0.6) is 11.8 Å². The third kappa shape index (κ3) is 3.32. The number of tetrazole rings is 1. The van der Waals surface area contributed by atoms with Gasteiger partial charge in [-0.15, -0.1) is 0 Å². The topological polar surface area (TPSA) is 131 Å². The number of rotatable bonds is 5. The zero-order valence-electron chi connectivity index (χ0n) is 15.5. The van der Waals surface area contributed by atoms with Gasteiger partial charge in [0.25, 0.3) is 0 Å². The first-order valence-electron chi connectivity index (χ1n) is 9.10. The monoisotopic (exact) mass is 398 g/mol. The van der Waals surface area contributed by atoms with E-state index in [0.29, 0.717) is 19.0 Å². The second-order valence-corrected chi connectivity index (χ2v) is 6.81. The number of hydrogen-bond donors (Lipinski definition) is 1. The van der Waals surface area contributed by atoms with Crippen molar-refractivity contribution in [1.29, 1.82) is 0 Å². The fraction of sp³-hybridized carbons (Fsp3) is 0.412. The molecule has 29 heavy (non-hydrogen) atoms. The number of carbonyl (C=O) groups is 1. The lowest BCUT2D eigenvalue weighted by atomic mass is 10.1. The lowest BCUT2D eigenvalue weighted by Gasteiger charge is -2.17. The van der Waals surface area contributed by atoms with Crippen molar-refractivity contribution < 1.29 is 19.0 Å². The minimum Gasteiger partial charge on any atom is -0.423 e. The van der Waals surface area contributed by atoms with Gasteiger partial charge in [-0.3, -0.25) is 4.79 Å². The molecule has 4 heterocycles. The molecule has 3 aromatic rings. The van der Waals surface area contributed by atoms with E-state index in [1.54, 1.807) is 27.8 Å². The van der Waals surface area contributed by atoms with Gasteiger partial charge in [0.05, 0.1) is 24.9 Å². The van der Waals surface area contributed by atoms with Gasteiger partial charge in [-0.1, -0.05) is 5.10 Å². The molecule has 2 saturated heterocycles. The first-order valence-corrected chi connectivity index (χ1v) is 9.10. The summed E-state index contributed by atoms with van der Waals surface area (Å²) in [5, 5.41) is 18.7. The van der Waals surface area contributed by atoms with Crippen LogP contribution < -0.4 is 10.1 Å². The van der Waals surface area contributed by atoms with Crippen molar-refractivity contribution in [3.63, 3.8) is 0 Å². The number of ether oxygens (including phenoxy) is 3. The molecule has 1 aromatic carbocycles. The molecule has 12 heteroatoms. The zero-order valence-corrected chi connectivity index (χ0v) is 15.5. The molecule has 2 aromatic heterocycles. The van der Waals surface area contributed by atoms with Gasteiger partial charge >= 0.3 is 6.01 Å². The maximum atomic E-state index is 11.4. The number of carbonyl (C=O) groups excluding carboxylic acids is 1. The highest BCUT2D eigenvalue weighted by Gasteiger charge is 2.50. The fourth-order valence-corrected chi connectivity index (χ4v) is 3.65. The van der Waals surface area contributed by atoms with Crippen LogP contribution >= 0.6 is 0 Å². The lowest BCUT2D eigenvalue weighted by Crippen LogP contribution is -2.43. The largest absolute Gasteiger partial charge is 0.423 e. The lowest BCUT2D eigenvalue weighted by molar-refractivity contribution is -0.120. The number of nitrogens with zero attached hydrogens (tertiary/aromatic N) is 7. The molecule has 0 spiro atoms. The second kappa shape index (κ2) is 7.22. The first kappa shape index (κ1) is 17.7. The highest BCUT2D eigenvalue weighted by atomic mass is 16.6. The zero-order chi connectivity index (χ0) is 19.8. The third-order valence-corrected chi connectivity index (χ3v) is 4.92. The fourth-order valence-electron chi connectivity index (χ4n) is 3.65. The van der Waals surface area contributed by atoms with Gasteiger partial charge in [0.2, 0.25) is 5.91 Å². The maximum Gasteiger partial charge on any atom is 0.341 e. The Morgan fingerprint density at radius 1 is 1.21 bits per heavy atom. The Morgan fingerprint density at radius 3 is 2.79 bits per heavy atom. The number of hydrogen-bond acceptors (Lipinski definition) is 9. The van der Waals surface area contributed by atoms with Crippen molar-refractivity contribution in [2.24, 2.45) is 0 Å². The van der Waals surface area contributed by atoms with E-state index in [9.17, 15) is 4.79 Å². The molecule has 0 bridgehead atoms. The predicted octanol–water partition coefficient (Wildman–Crippen LogP) is -0.110. The smallest absolute Gasteiger partial charge is 0.341 e. The van der Waals surface area contributed by atoms with Crippen LogP contribution in [-0.4, -0.2) is 72.3 Å². The maximum absolute atomic E-state index is 11.4. The molecular weight excluding hydrogens is 380 g/mol. The van der Waals surface area contributed by atoms with E-state index in [2.05, 4.69) is 30.9 Å². The van der Waals surface area contributed by atoms with Gasteiger partial charge in [0.15, 0.2) is 0 Å². The summed E-state index contributed by atoms with van der Waals surface area (Å²) in [7, 11) is 0. The molecule has 2 fully saturated rings. The number of fused-ring (bicyclic) bond motifs is 1. The number of nitrogens with one attached hydrogen (secondary N) is 1. The standard InChI is InChI=1S/C17H18N8O4/c1-10(26)20-13-6-27-16-14(7-28-15(13)16)25-17(21-22-23-25)29-12-4-2-11(3-5-12)24-9-18-8-19-24/h2-5,8-9,13-16H,6-7H2,1H3,(H,20,26)/t13-,14+,15-,16+/m1/s1. The summed E-state index contributed by atoms with van der Waals surface area (Å²) in [6, 6.07) is 7.09. The van der Waals surface area contributed by atoms with Crippen molar-refractivity contribution in [2.75, 3.05) is 13.2 Å². The summed E-state index contributed by atoms with van der Waals surface area (Å²) in [6.07, 6.45) is 2.56. The van der Waals surface area contributed by atoms with Crippen molar-refractivity contribution in [3.05, 3.63) is 36.9 Å². The van der Waals surface area contributed by atoms with Crippen molar-refractivity contribution >= 4 is 5.91 Å². The summed E-state index contributed by atoms with van der Waals surface area (Å²) in [6.45, 7) is 2.22. The van der Waals surface area contributed by atoms with Gasteiger partial charge in [-0.25, -0.2) is 9.67 Å². The molecule has 4 atom stereocenters. The van der Waals surface area contributed by atoms with E-state index >= 15 is 0 Å². The van der Waals surface area contributed by atoms with Gasteiger partial charge in [0.1, 0.15) is 36.7 Å². The molecule has 12 nitrogen and oxygen atoms in total. The number of aromatic nitrogens is 7. The summed E-state index contributed by atoms with van der Waals surface area (Å²) >= 11 is 0. The van der Waals surface area contributed by atoms with Crippen LogP contribution in [0.15, 0.2) is 36.9 Å². The van der Waals surface area contributed by atoms with Crippen molar-refractivity contribution in [1.82, 2.24) is 40.3 Å². The van der Waals surface area contributed by atoms with E-state index in [4.69, 9.17) is 14.2 Å². The van der Waals surface area contributed by atoms with Crippen LogP contribution in [0, 0.1) is 0 Å². The van der Waals surface area contributed by atoms with E-state index in [1.165, 1.54) is 13.3 Å². The predicted molar refractivity (Wildman–Crippen MR) is 95.4 cm³/mol. The van der Waals surface area contributed by atoms with E-state index < -0.39 is 0 Å². The normalized spacial score (nSPS) is 25.7. The van der Waals surface area contributed by atoms with Crippen molar-refractivity contribution in [2.45, 2.75) is 31.2 Å². The highest BCUT2D eigenvalue weighted by Crippen LogP contribution is 2.36. The Hall–Kier alpha value is -3.38. The van der Waals surface area contributed by atoms with Gasteiger partial charge in [-0.05, 0) is 34.7 Å². The van der Waals surface area contributed by atoms with Gasteiger partial charge in [-0.2, -0.15) is 9.78 Å². The summed E-state index contributed by atoms with van der Waals surface area (Å²) in [5.41, 5.74) is 0.852. The van der Waals surface area contributed by atoms with Gasteiger partial charge < -0.3 is 19.5 Å². The van der Waals surface area contributed by atoms with E-state index in [-0.39, 0.29) is 36.2 Å². The van der Waals surface area contributed by atoms with Crippen LogP contribution in [0.3, 0.4) is 0 Å². The molecule has 2 aliphatic heterocycles. The second-order valence-electron chi connectivity index (χ2n) is 6.81. The minimum atomic E-state index is -0.271. The number of amides is 1. The molecular formula is C17H18N8O4. The van der Waals surface area contributed by atoms with Crippen molar-refractivity contribution in [3.8, 4) is 17.4 Å². The molecule has 1 N–H and O–H groups in total. The van der Waals surface area contributed by atoms with Crippen LogP contribution in [0.1, 0.15) is 13.0 Å². The Bertz CT molecular complexity index is 989. The summed E-state index contributed by atoms with van der Waals surface area (Å²) < 4.78 is 20.8. The third-order valence-electron chi connectivity index (χ3n) is 4.92. The average molecular weight is 398 g/mol. The SMILES string of the molecule is CC(=O)N[C@@H]1CO[C@@H]2[C@@H]1OC[C@@H]2n1nnnc1Oc1ccc(-n2cncn2)cc1. The average Bonchev–Trinajstić information content (AvgIpc) is 3.48.